The fourth-order valence-electron chi connectivity index (χ4n) is 0.775. The van der Waals surface area contributed by atoms with Gasteiger partial charge in [0.15, 0.2) is 0 Å². The first kappa shape index (κ1) is 10.9. The van der Waals surface area contributed by atoms with Gasteiger partial charge in [-0.15, -0.1) is 0 Å². The first-order valence-electron chi connectivity index (χ1n) is 4.04. The Labute approximate surface area is 84.5 Å². The van der Waals surface area contributed by atoms with Crippen molar-refractivity contribution in [1.82, 2.24) is 25.5 Å². The van der Waals surface area contributed by atoms with E-state index in [0.29, 0.717) is 5.95 Å². The Bertz CT molecular complexity index is 362. The Hall–Kier alpha value is -2.19. The summed E-state index contributed by atoms with van der Waals surface area (Å²) in [5, 5.41) is 23.6. The van der Waals surface area contributed by atoms with Crippen LogP contribution in [0.1, 0.15) is 0 Å². The van der Waals surface area contributed by atoms with Gasteiger partial charge in [-0.2, -0.15) is 0 Å². The molecule has 1 aromatic rings. The van der Waals surface area contributed by atoms with Crippen LogP contribution in [-0.2, 0) is 16.6 Å². The lowest BCUT2D eigenvalue weighted by Gasteiger charge is -2.03. The van der Waals surface area contributed by atoms with Crippen LogP contribution >= 0.6 is 0 Å². The predicted octanol–water partition coefficient (Wildman–Crippen LogP) is -2.18. The van der Waals surface area contributed by atoms with Crippen LogP contribution in [0.25, 0.3) is 0 Å². The number of rotatable bonds is 5. The fraction of sp³-hybridized carbons (Fsp3) is 0.500. The van der Waals surface area contributed by atoms with E-state index in [1.807, 2.05) is 0 Å². The van der Waals surface area contributed by atoms with Crippen molar-refractivity contribution in [2.45, 2.75) is 0 Å². The van der Waals surface area contributed by atoms with Gasteiger partial charge < -0.3 is 15.7 Å². The molecule has 1 aromatic heterocycles. The van der Waals surface area contributed by atoms with E-state index in [2.05, 4.69) is 26.2 Å². The third kappa shape index (κ3) is 3.58. The standard InChI is InChI=1S/C6H10N6O3/c1-12-6(9-10-11-12)8-2-4(13)7-3-5(14)15/h2-3H2,1H3,(H,7,13)(H,14,15)(H,8,9,11). The van der Waals surface area contributed by atoms with Crippen LogP contribution in [0.5, 0.6) is 0 Å². The summed E-state index contributed by atoms with van der Waals surface area (Å²) in [5.74, 6) is -1.20. The predicted molar refractivity (Wildman–Crippen MR) is 47.9 cm³/mol. The van der Waals surface area contributed by atoms with Gasteiger partial charge in [0.25, 0.3) is 0 Å². The van der Waals surface area contributed by atoms with E-state index in [0.717, 1.165) is 0 Å². The number of carboxylic acids is 1. The molecule has 0 bridgehead atoms. The molecule has 0 aliphatic rings. The number of carboxylic acid groups (broad SMARTS) is 1. The van der Waals surface area contributed by atoms with Crippen LogP contribution in [0.4, 0.5) is 5.95 Å². The molecule has 0 fully saturated rings. The summed E-state index contributed by atoms with van der Waals surface area (Å²) in [6.45, 7) is -0.487. The topological polar surface area (TPSA) is 122 Å². The highest BCUT2D eigenvalue weighted by molar-refractivity contribution is 5.83. The number of hydrogen-bond acceptors (Lipinski definition) is 6. The van der Waals surface area contributed by atoms with E-state index in [4.69, 9.17) is 5.11 Å². The van der Waals surface area contributed by atoms with Crippen molar-refractivity contribution in [3.8, 4) is 0 Å². The van der Waals surface area contributed by atoms with Crippen molar-refractivity contribution in [3.63, 3.8) is 0 Å². The van der Waals surface area contributed by atoms with E-state index in [1.54, 1.807) is 7.05 Å². The van der Waals surface area contributed by atoms with E-state index >= 15 is 0 Å². The molecule has 0 spiro atoms. The highest BCUT2D eigenvalue weighted by atomic mass is 16.4. The summed E-state index contributed by atoms with van der Waals surface area (Å²) in [6, 6.07) is 0. The van der Waals surface area contributed by atoms with E-state index in [-0.39, 0.29) is 6.54 Å². The van der Waals surface area contributed by atoms with Gasteiger partial charge in [0.1, 0.15) is 6.54 Å². The average Bonchev–Trinajstić information content (AvgIpc) is 2.58. The van der Waals surface area contributed by atoms with Crippen molar-refractivity contribution in [2.75, 3.05) is 18.4 Å². The highest BCUT2D eigenvalue weighted by Crippen LogP contribution is 1.93. The van der Waals surface area contributed by atoms with Gasteiger partial charge in [-0.25, -0.2) is 4.68 Å². The number of carbonyl (C=O) groups is 2. The van der Waals surface area contributed by atoms with Gasteiger partial charge in [0.2, 0.25) is 11.9 Å². The number of hydrogen-bond donors (Lipinski definition) is 3. The van der Waals surface area contributed by atoms with Crippen LogP contribution < -0.4 is 10.6 Å². The molecular weight excluding hydrogens is 204 g/mol. The van der Waals surface area contributed by atoms with Gasteiger partial charge >= 0.3 is 5.97 Å². The van der Waals surface area contributed by atoms with E-state index in [9.17, 15) is 9.59 Å². The average molecular weight is 214 g/mol. The monoisotopic (exact) mass is 214 g/mol. The van der Waals surface area contributed by atoms with Gasteiger partial charge in [0, 0.05) is 7.05 Å². The molecule has 9 heteroatoms. The molecule has 0 unspecified atom stereocenters. The molecule has 0 radical (unpaired) electrons. The fourth-order valence-corrected chi connectivity index (χ4v) is 0.775. The molecule has 9 nitrogen and oxygen atoms in total. The lowest BCUT2D eigenvalue weighted by Crippen LogP contribution is -2.34. The normalized spacial score (nSPS) is 9.67. The molecule has 15 heavy (non-hydrogen) atoms. The Morgan fingerprint density at radius 1 is 1.47 bits per heavy atom. The van der Waals surface area contributed by atoms with E-state index < -0.39 is 18.4 Å². The Morgan fingerprint density at radius 2 is 2.20 bits per heavy atom. The van der Waals surface area contributed by atoms with Crippen LogP contribution in [0.15, 0.2) is 0 Å². The summed E-state index contributed by atoms with van der Waals surface area (Å²) in [5.41, 5.74) is 0. The van der Waals surface area contributed by atoms with Crippen LogP contribution in [0.3, 0.4) is 0 Å². The van der Waals surface area contributed by atoms with Gasteiger partial charge in [-0.05, 0) is 10.4 Å². The molecule has 1 rings (SSSR count). The first-order chi connectivity index (χ1) is 7.09. The van der Waals surface area contributed by atoms with Crippen LogP contribution in [-0.4, -0.2) is 50.3 Å². The molecule has 0 atom stereocenters. The highest BCUT2D eigenvalue weighted by Gasteiger charge is 2.06. The molecule has 0 aliphatic heterocycles. The zero-order chi connectivity index (χ0) is 11.3. The van der Waals surface area contributed by atoms with Crippen LogP contribution in [0.2, 0.25) is 0 Å². The first-order valence-corrected chi connectivity index (χ1v) is 4.04. The Morgan fingerprint density at radius 3 is 2.73 bits per heavy atom. The SMILES string of the molecule is Cn1nnnc1NCC(=O)NCC(=O)O. The molecule has 0 aromatic carbocycles. The Balaban J connectivity index is 2.28. The zero-order valence-corrected chi connectivity index (χ0v) is 7.97. The molecule has 0 aliphatic carbocycles. The number of aromatic nitrogens is 4. The molecule has 1 amide bonds. The summed E-state index contributed by atoms with van der Waals surface area (Å²) in [4.78, 5) is 21.2. The number of aliphatic carboxylic acids is 1. The van der Waals surface area contributed by atoms with E-state index in [1.165, 1.54) is 4.68 Å². The Kier molecular flexibility index (Phi) is 3.55. The number of carbonyl (C=O) groups excluding carboxylic acids is 1. The second kappa shape index (κ2) is 4.88. The summed E-state index contributed by atoms with van der Waals surface area (Å²) in [7, 11) is 1.61. The number of aryl methyl sites for hydroxylation is 1. The van der Waals surface area contributed by atoms with Crippen molar-refractivity contribution >= 4 is 17.8 Å². The molecule has 3 N–H and O–H groups in total. The smallest absolute Gasteiger partial charge is 0.322 e. The van der Waals surface area contributed by atoms with Crippen molar-refractivity contribution in [3.05, 3.63) is 0 Å². The van der Waals surface area contributed by atoms with Crippen molar-refractivity contribution < 1.29 is 14.7 Å². The summed E-state index contributed by atoms with van der Waals surface area (Å²) in [6.07, 6.45) is 0. The van der Waals surface area contributed by atoms with Gasteiger partial charge in [-0.3, -0.25) is 9.59 Å². The van der Waals surface area contributed by atoms with Crippen LogP contribution in [0, 0.1) is 0 Å². The minimum Gasteiger partial charge on any atom is -0.480 e. The lowest BCUT2D eigenvalue weighted by molar-refractivity contribution is -0.137. The molecular formula is C6H10N6O3. The third-order valence-corrected chi connectivity index (χ3v) is 1.46. The number of amides is 1. The lowest BCUT2D eigenvalue weighted by atomic mass is 10.5. The third-order valence-electron chi connectivity index (χ3n) is 1.46. The molecule has 0 saturated heterocycles. The van der Waals surface area contributed by atoms with Crippen molar-refractivity contribution in [1.29, 1.82) is 0 Å². The quantitative estimate of drug-likeness (QED) is 0.509. The minimum atomic E-state index is -1.09. The molecule has 1 heterocycles. The molecule has 0 saturated carbocycles. The summed E-state index contributed by atoms with van der Waals surface area (Å²) >= 11 is 0. The second-order valence-electron chi connectivity index (χ2n) is 2.65. The minimum absolute atomic E-state index is 0.0819. The maximum Gasteiger partial charge on any atom is 0.322 e. The van der Waals surface area contributed by atoms with Crippen molar-refractivity contribution in [2.24, 2.45) is 7.05 Å². The number of anilines is 1. The maximum absolute atomic E-state index is 11.0. The zero-order valence-electron chi connectivity index (χ0n) is 7.97. The molecule has 82 valence electrons. The maximum atomic E-state index is 11.0. The summed E-state index contributed by atoms with van der Waals surface area (Å²) < 4.78 is 1.35. The van der Waals surface area contributed by atoms with Gasteiger partial charge in [-0.1, -0.05) is 5.10 Å². The van der Waals surface area contributed by atoms with Gasteiger partial charge in [0.05, 0.1) is 6.54 Å². The second-order valence-corrected chi connectivity index (χ2v) is 2.65. The number of tetrazole rings is 1. The number of nitrogens with one attached hydrogen (secondary N) is 2. The largest absolute Gasteiger partial charge is 0.480 e. The number of nitrogens with zero attached hydrogens (tertiary/aromatic N) is 4.